The van der Waals surface area contributed by atoms with Gasteiger partial charge in [0.1, 0.15) is 5.76 Å². The molecular weight excluding hydrogens is 469 g/mol. The van der Waals surface area contributed by atoms with Gasteiger partial charge in [-0.25, -0.2) is 0 Å². The number of carbonyl (C=O) groups is 1. The molecule has 0 bridgehead atoms. The molecule has 1 amide bonds. The molecule has 0 aliphatic carbocycles. The van der Waals surface area contributed by atoms with Crippen molar-refractivity contribution in [1.82, 2.24) is 20.0 Å². The fourth-order valence-electron chi connectivity index (χ4n) is 3.73. The Hall–Kier alpha value is -1.55. The molecule has 2 aliphatic heterocycles. The average molecular weight is 501 g/mol. The summed E-state index contributed by atoms with van der Waals surface area (Å²) in [6.45, 7) is 9.22. The van der Waals surface area contributed by atoms with Crippen LogP contribution in [0.5, 0.6) is 0 Å². The molecule has 0 radical (unpaired) electrons. The van der Waals surface area contributed by atoms with E-state index in [1.54, 1.807) is 6.26 Å². The summed E-state index contributed by atoms with van der Waals surface area (Å²) in [5.41, 5.74) is 0. The summed E-state index contributed by atoms with van der Waals surface area (Å²) in [6.07, 6.45) is 6.39. The molecule has 0 aromatic carbocycles. The van der Waals surface area contributed by atoms with Crippen molar-refractivity contribution in [3.63, 3.8) is 0 Å². The predicted molar refractivity (Wildman–Crippen MR) is 122 cm³/mol. The summed E-state index contributed by atoms with van der Waals surface area (Å²) >= 11 is 0. The van der Waals surface area contributed by atoms with Gasteiger partial charge in [0.25, 0.3) is 0 Å². The summed E-state index contributed by atoms with van der Waals surface area (Å²) in [6, 6.07) is 3.93. The highest BCUT2D eigenvalue weighted by Crippen LogP contribution is 2.18. The first-order valence-corrected chi connectivity index (χ1v) is 9.84. The smallest absolute Gasteiger partial charge is 0.240 e. The van der Waals surface area contributed by atoms with Crippen LogP contribution in [0.3, 0.4) is 0 Å². The first-order chi connectivity index (χ1) is 13.2. The van der Waals surface area contributed by atoms with Gasteiger partial charge in [-0.2, -0.15) is 0 Å². The van der Waals surface area contributed by atoms with Crippen molar-refractivity contribution in [3.8, 4) is 0 Å². The van der Waals surface area contributed by atoms with Gasteiger partial charge in [-0.1, -0.05) is 6.08 Å². The van der Waals surface area contributed by atoms with E-state index in [-0.39, 0.29) is 35.9 Å². The summed E-state index contributed by atoms with van der Waals surface area (Å²) in [7, 11) is 2.05. The number of amides is 1. The maximum atomic E-state index is 12.8. The molecular formula is C20H32IN5O2. The minimum atomic E-state index is 0. The molecule has 2 aliphatic rings. The third-order valence-electron chi connectivity index (χ3n) is 5.30. The maximum Gasteiger partial charge on any atom is 0.240 e. The van der Waals surface area contributed by atoms with E-state index >= 15 is 0 Å². The van der Waals surface area contributed by atoms with Gasteiger partial charge >= 0.3 is 0 Å². The number of likely N-dealkylation sites (tertiary alicyclic amines) is 1. The van der Waals surface area contributed by atoms with E-state index in [2.05, 4.69) is 28.7 Å². The molecule has 3 heterocycles. The second-order valence-electron chi connectivity index (χ2n) is 7.16. The first kappa shape index (κ1) is 22.7. The Balaban J connectivity index is 0.00000280. The Bertz CT molecular complexity index is 641. The summed E-state index contributed by atoms with van der Waals surface area (Å²) in [5.74, 6) is 2.11. The van der Waals surface area contributed by atoms with Crippen molar-refractivity contribution in [2.75, 3.05) is 52.9 Å². The van der Waals surface area contributed by atoms with Gasteiger partial charge in [0.2, 0.25) is 5.91 Å². The lowest BCUT2D eigenvalue weighted by atomic mass is 10.1. The van der Waals surface area contributed by atoms with Gasteiger partial charge in [-0.3, -0.25) is 14.7 Å². The zero-order chi connectivity index (χ0) is 19.1. The van der Waals surface area contributed by atoms with Crippen LogP contribution in [0.4, 0.5) is 0 Å². The van der Waals surface area contributed by atoms with Crippen LogP contribution in [0.25, 0.3) is 0 Å². The van der Waals surface area contributed by atoms with Crippen LogP contribution >= 0.6 is 24.0 Å². The average Bonchev–Trinajstić information content (AvgIpc) is 3.36. The highest BCUT2D eigenvalue weighted by atomic mass is 127. The van der Waals surface area contributed by atoms with Gasteiger partial charge in [-0.15, -0.1) is 30.6 Å². The molecule has 28 heavy (non-hydrogen) atoms. The Labute approximate surface area is 184 Å². The Morgan fingerprint density at radius 1 is 1.32 bits per heavy atom. The van der Waals surface area contributed by atoms with Gasteiger partial charge < -0.3 is 19.5 Å². The third kappa shape index (κ3) is 5.97. The van der Waals surface area contributed by atoms with Gasteiger partial charge in [0.05, 0.1) is 12.3 Å². The van der Waals surface area contributed by atoms with Crippen LogP contribution < -0.4 is 5.32 Å². The topological polar surface area (TPSA) is 64.3 Å². The Morgan fingerprint density at radius 3 is 2.68 bits per heavy atom. The lowest BCUT2D eigenvalue weighted by Gasteiger charge is -2.38. The first-order valence-electron chi connectivity index (χ1n) is 9.84. The van der Waals surface area contributed by atoms with Crippen LogP contribution in [0.1, 0.15) is 18.6 Å². The number of hydrogen-bond acceptors (Lipinski definition) is 4. The van der Waals surface area contributed by atoms with E-state index in [0.717, 1.165) is 63.7 Å². The largest absolute Gasteiger partial charge is 0.469 e. The molecule has 3 rings (SSSR count). The second-order valence-corrected chi connectivity index (χ2v) is 7.16. The number of piperazine rings is 1. The molecule has 1 unspecified atom stereocenters. The van der Waals surface area contributed by atoms with Crippen LogP contribution in [0.2, 0.25) is 0 Å². The van der Waals surface area contributed by atoms with E-state index < -0.39 is 0 Å². The third-order valence-corrected chi connectivity index (χ3v) is 5.30. The quantitative estimate of drug-likeness (QED) is 0.279. The van der Waals surface area contributed by atoms with Crippen molar-refractivity contribution < 1.29 is 9.21 Å². The lowest BCUT2D eigenvalue weighted by molar-refractivity contribution is -0.136. The van der Waals surface area contributed by atoms with Gasteiger partial charge in [0, 0.05) is 45.7 Å². The molecule has 2 saturated heterocycles. The van der Waals surface area contributed by atoms with E-state index in [9.17, 15) is 4.79 Å². The highest BCUT2D eigenvalue weighted by Gasteiger charge is 2.33. The van der Waals surface area contributed by atoms with Crippen LogP contribution in [-0.4, -0.2) is 85.5 Å². The standard InChI is InChI=1S/C20H31N5O2.HI/c1-3-9-21-20(22-10-8-17-6-5-16-27-17)25-14-12-24(13-15-25)19(26)18-7-4-11-23(18)2;/h3,5-6,16,18H,1,4,7-15H2,2H3,(H,21,22);1H. The molecule has 7 nitrogen and oxygen atoms in total. The fourth-order valence-corrected chi connectivity index (χ4v) is 3.73. The van der Waals surface area contributed by atoms with Crippen LogP contribution in [0.15, 0.2) is 40.5 Å². The maximum absolute atomic E-state index is 12.8. The van der Waals surface area contributed by atoms with Crippen LogP contribution in [-0.2, 0) is 11.2 Å². The van der Waals surface area contributed by atoms with Crippen molar-refractivity contribution in [2.45, 2.75) is 25.3 Å². The summed E-state index contributed by atoms with van der Waals surface area (Å²) in [5, 5.41) is 3.34. The number of hydrogen-bond donors (Lipinski definition) is 1. The molecule has 0 saturated carbocycles. The second kappa shape index (κ2) is 11.5. The molecule has 0 spiro atoms. The van der Waals surface area contributed by atoms with Crippen molar-refractivity contribution in [2.24, 2.45) is 4.99 Å². The molecule has 1 atom stereocenters. The van der Waals surface area contributed by atoms with Crippen molar-refractivity contribution >= 4 is 35.8 Å². The number of rotatable bonds is 6. The fraction of sp³-hybridized carbons (Fsp3) is 0.600. The van der Waals surface area contributed by atoms with E-state index in [0.29, 0.717) is 13.1 Å². The van der Waals surface area contributed by atoms with Crippen LogP contribution in [0, 0.1) is 0 Å². The van der Waals surface area contributed by atoms with E-state index in [1.165, 1.54) is 0 Å². The number of guanidine groups is 1. The normalized spacial score (nSPS) is 20.8. The zero-order valence-electron chi connectivity index (χ0n) is 16.7. The minimum absolute atomic E-state index is 0. The highest BCUT2D eigenvalue weighted by molar-refractivity contribution is 14.0. The molecule has 1 aromatic rings. The Morgan fingerprint density at radius 2 is 2.07 bits per heavy atom. The predicted octanol–water partition coefficient (Wildman–Crippen LogP) is 1.81. The van der Waals surface area contributed by atoms with Crippen molar-refractivity contribution in [3.05, 3.63) is 36.8 Å². The molecule has 8 heteroatoms. The minimum Gasteiger partial charge on any atom is -0.469 e. The number of furan rings is 1. The number of nitrogens with one attached hydrogen (secondary N) is 1. The van der Waals surface area contributed by atoms with Gasteiger partial charge in [0.15, 0.2) is 5.96 Å². The zero-order valence-corrected chi connectivity index (χ0v) is 19.0. The number of carbonyl (C=O) groups excluding carboxylic acids is 1. The summed E-state index contributed by atoms with van der Waals surface area (Å²) in [4.78, 5) is 23.9. The van der Waals surface area contributed by atoms with Crippen molar-refractivity contribution in [1.29, 1.82) is 0 Å². The van der Waals surface area contributed by atoms with E-state index in [1.807, 2.05) is 23.1 Å². The number of likely N-dealkylation sites (N-methyl/N-ethyl adjacent to an activating group) is 1. The van der Waals surface area contributed by atoms with Gasteiger partial charge in [-0.05, 0) is 38.6 Å². The van der Waals surface area contributed by atoms with E-state index in [4.69, 9.17) is 9.41 Å². The molecule has 1 aromatic heterocycles. The monoisotopic (exact) mass is 501 g/mol. The number of halogens is 1. The number of nitrogens with zero attached hydrogens (tertiary/aromatic N) is 4. The number of aliphatic imine (C=N–C) groups is 1. The Kier molecular flexibility index (Phi) is 9.30. The molecule has 1 N–H and O–H groups in total. The SMILES string of the molecule is C=CCNC(=NCCc1ccco1)N1CCN(C(=O)C2CCCN2C)CC1.I. The molecule has 2 fully saturated rings. The molecule has 156 valence electrons. The lowest BCUT2D eigenvalue weighted by Crippen LogP contribution is -2.56. The summed E-state index contributed by atoms with van der Waals surface area (Å²) < 4.78 is 5.37.